The van der Waals surface area contributed by atoms with Gasteiger partial charge in [-0.2, -0.15) is 0 Å². The molecule has 110 valence electrons. The van der Waals surface area contributed by atoms with Crippen LogP contribution in [0.1, 0.15) is 22.8 Å². The second kappa shape index (κ2) is 6.83. The third-order valence-corrected chi connectivity index (χ3v) is 3.05. The van der Waals surface area contributed by atoms with Gasteiger partial charge in [-0.25, -0.2) is 4.39 Å². The number of halogens is 1. The van der Waals surface area contributed by atoms with Crippen molar-refractivity contribution in [1.29, 1.82) is 0 Å². The minimum absolute atomic E-state index is 0.102. The first-order valence-electron chi connectivity index (χ1n) is 6.63. The number of aromatic nitrogens is 1. The van der Waals surface area contributed by atoms with Crippen molar-refractivity contribution in [2.45, 2.75) is 19.4 Å². The molecule has 4 nitrogen and oxygen atoms in total. The van der Waals surface area contributed by atoms with Crippen molar-refractivity contribution < 1.29 is 13.9 Å². The van der Waals surface area contributed by atoms with Crippen molar-refractivity contribution in [3.63, 3.8) is 0 Å². The van der Waals surface area contributed by atoms with Gasteiger partial charge < -0.3 is 10.1 Å². The number of hydrogen-bond donors (Lipinski definition) is 1. The van der Waals surface area contributed by atoms with Gasteiger partial charge in [0.25, 0.3) is 5.91 Å². The molecular weight excluding hydrogens is 271 g/mol. The minimum Gasteiger partial charge on any atom is -0.496 e. The molecule has 0 unspecified atom stereocenters. The quantitative estimate of drug-likeness (QED) is 0.920. The lowest BCUT2D eigenvalue weighted by Crippen LogP contribution is -2.34. The van der Waals surface area contributed by atoms with Gasteiger partial charge in [-0.1, -0.05) is 6.07 Å². The van der Waals surface area contributed by atoms with E-state index in [9.17, 15) is 9.18 Å². The molecule has 1 N–H and O–H groups in total. The molecule has 0 fully saturated rings. The highest BCUT2D eigenvalue weighted by atomic mass is 19.1. The maximum atomic E-state index is 13.3. The maximum absolute atomic E-state index is 13.3. The third-order valence-electron chi connectivity index (χ3n) is 3.05. The number of nitrogens with one attached hydrogen (secondary N) is 1. The van der Waals surface area contributed by atoms with Crippen LogP contribution in [0.3, 0.4) is 0 Å². The molecule has 0 spiro atoms. The minimum atomic E-state index is -0.471. The number of rotatable bonds is 5. The number of carbonyl (C=O) groups is 1. The molecule has 2 aromatic rings. The predicted molar refractivity (Wildman–Crippen MR) is 77.8 cm³/mol. The fraction of sp³-hybridized carbons (Fsp3) is 0.250. The zero-order valence-corrected chi connectivity index (χ0v) is 12.0. The largest absolute Gasteiger partial charge is 0.496 e. The van der Waals surface area contributed by atoms with Gasteiger partial charge in [0.2, 0.25) is 0 Å². The Morgan fingerprint density at radius 1 is 1.43 bits per heavy atom. The monoisotopic (exact) mass is 288 g/mol. The molecule has 5 heteroatoms. The van der Waals surface area contributed by atoms with E-state index >= 15 is 0 Å². The molecule has 0 saturated carbocycles. The lowest BCUT2D eigenvalue weighted by molar-refractivity contribution is 0.0936. The zero-order chi connectivity index (χ0) is 15.2. The number of pyridine rings is 1. The molecule has 1 atom stereocenters. The smallest absolute Gasteiger partial charge is 0.255 e. The summed E-state index contributed by atoms with van der Waals surface area (Å²) in [7, 11) is 1.45. The molecule has 21 heavy (non-hydrogen) atoms. The Balaban J connectivity index is 2.06. The third kappa shape index (κ3) is 4.02. The number of nitrogens with zero attached hydrogens (tertiary/aromatic N) is 1. The topological polar surface area (TPSA) is 51.2 Å². The number of ether oxygens (including phenoxy) is 1. The number of methoxy groups -OCH3 is 1. The molecule has 2 rings (SSSR count). The first-order chi connectivity index (χ1) is 10.1. The van der Waals surface area contributed by atoms with Crippen molar-refractivity contribution >= 4 is 5.91 Å². The lowest BCUT2D eigenvalue weighted by atomic mass is 10.1. The molecule has 0 aliphatic carbocycles. The van der Waals surface area contributed by atoms with Gasteiger partial charge >= 0.3 is 0 Å². The van der Waals surface area contributed by atoms with E-state index in [0.29, 0.717) is 12.2 Å². The van der Waals surface area contributed by atoms with E-state index in [1.807, 2.05) is 19.1 Å². The number of carbonyl (C=O) groups excluding carboxylic acids is 1. The Kier molecular flexibility index (Phi) is 4.87. The van der Waals surface area contributed by atoms with E-state index in [2.05, 4.69) is 10.3 Å². The fourth-order valence-corrected chi connectivity index (χ4v) is 2.08. The number of hydrogen-bond acceptors (Lipinski definition) is 3. The van der Waals surface area contributed by atoms with Gasteiger partial charge in [-0.3, -0.25) is 9.78 Å². The predicted octanol–water partition coefficient (Wildman–Crippen LogP) is 2.59. The van der Waals surface area contributed by atoms with E-state index in [-0.39, 0.29) is 17.5 Å². The lowest BCUT2D eigenvalue weighted by Gasteiger charge is -2.15. The van der Waals surface area contributed by atoms with Gasteiger partial charge in [0.05, 0.1) is 12.7 Å². The summed E-state index contributed by atoms with van der Waals surface area (Å²) < 4.78 is 18.4. The maximum Gasteiger partial charge on any atom is 0.255 e. The Morgan fingerprint density at radius 3 is 2.90 bits per heavy atom. The zero-order valence-electron chi connectivity index (χ0n) is 12.0. The van der Waals surface area contributed by atoms with Crippen molar-refractivity contribution in [2.75, 3.05) is 7.11 Å². The summed E-state index contributed by atoms with van der Waals surface area (Å²) >= 11 is 0. The molecule has 0 saturated heterocycles. The number of amides is 1. The number of benzene rings is 1. The molecule has 0 aliphatic heterocycles. The Morgan fingerprint density at radius 2 is 2.24 bits per heavy atom. The van der Waals surface area contributed by atoms with Gasteiger partial charge in [-0.15, -0.1) is 0 Å². The van der Waals surface area contributed by atoms with Crippen molar-refractivity contribution in [1.82, 2.24) is 10.3 Å². The molecule has 0 bridgehead atoms. The molecule has 1 aromatic carbocycles. The van der Waals surface area contributed by atoms with E-state index < -0.39 is 5.82 Å². The van der Waals surface area contributed by atoms with Gasteiger partial charge in [-0.05, 0) is 43.2 Å². The second-order valence-corrected chi connectivity index (χ2v) is 4.78. The van der Waals surface area contributed by atoms with Crippen LogP contribution >= 0.6 is 0 Å². The van der Waals surface area contributed by atoms with Crippen LogP contribution in [0, 0.1) is 5.82 Å². The van der Waals surface area contributed by atoms with Crippen LogP contribution < -0.4 is 10.1 Å². The van der Waals surface area contributed by atoms with Gasteiger partial charge in [0.15, 0.2) is 0 Å². The molecule has 0 aliphatic rings. The highest BCUT2D eigenvalue weighted by Gasteiger charge is 2.15. The summed E-state index contributed by atoms with van der Waals surface area (Å²) in [6.07, 6.45) is 4.10. The summed E-state index contributed by atoms with van der Waals surface area (Å²) in [6, 6.07) is 7.56. The molecule has 1 heterocycles. The highest BCUT2D eigenvalue weighted by Crippen LogP contribution is 2.19. The van der Waals surface area contributed by atoms with Crippen LogP contribution in [0.2, 0.25) is 0 Å². The van der Waals surface area contributed by atoms with E-state index in [0.717, 1.165) is 5.56 Å². The average molecular weight is 288 g/mol. The van der Waals surface area contributed by atoms with Crippen LogP contribution in [0.25, 0.3) is 0 Å². The van der Waals surface area contributed by atoms with Crippen LogP contribution in [-0.2, 0) is 6.42 Å². The van der Waals surface area contributed by atoms with Gasteiger partial charge in [0.1, 0.15) is 11.6 Å². The summed E-state index contributed by atoms with van der Waals surface area (Å²) in [6.45, 7) is 1.89. The van der Waals surface area contributed by atoms with Crippen molar-refractivity contribution in [3.8, 4) is 5.75 Å². The fourth-order valence-electron chi connectivity index (χ4n) is 2.08. The molecule has 1 aromatic heterocycles. The van der Waals surface area contributed by atoms with Crippen LogP contribution in [0.4, 0.5) is 4.39 Å². The first-order valence-corrected chi connectivity index (χ1v) is 6.63. The Bertz CT molecular complexity index is 617. The van der Waals surface area contributed by atoms with Crippen LogP contribution in [0.5, 0.6) is 5.75 Å². The Hall–Kier alpha value is -2.43. The van der Waals surface area contributed by atoms with E-state index in [1.54, 1.807) is 12.4 Å². The van der Waals surface area contributed by atoms with Crippen molar-refractivity contribution in [2.24, 2.45) is 0 Å². The molecule has 1 amide bonds. The average Bonchev–Trinajstić information content (AvgIpc) is 2.48. The SMILES string of the molecule is COc1ccc(F)cc1C(=O)N[C@@H](C)Cc1cccnc1. The normalized spacial score (nSPS) is 11.8. The molecule has 0 radical (unpaired) electrons. The summed E-state index contributed by atoms with van der Waals surface area (Å²) in [5, 5.41) is 2.83. The van der Waals surface area contributed by atoms with Crippen LogP contribution in [0.15, 0.2) is 42.7 Å². The standard InChI is InChI=1S/C16H17FN2O2/c1-11(8-12-4-3-7-18-10-12)19-16(20)14-9-13(17)5-6-15(14)21-2/h3-7,9-11H,8H2,1-2H3,(H,19,20)/t11-/m0/s1. The van der Waals surface area contributed by atoms with Crippen LogP contribution in [-0.4, -0.2) is 24.0 Å². The summed E-state index contributed by atoms with van der Waals surface area (Å²) in [4.78, 5) is 16.2. The van der Waals surface area contributed by atoms with Crippen molar-refractivity contribution in [3.05, 3.63) is 59.7 Å². The van der Waals surface area contributed by atoms with E-state index in [1.165, 1.54) is 25.3 Å². The second-order valence-electron chi connectivity index (χ2n) is 4.78. The summed E-state index contributed by atoms with van der Waals surface area (Å²) in [5.41, 5.74) is 1.21. The molecular formula is C16H17FN2O2. The first kappa shape index (κ1) is 15.0. The van der Waals surface area contributed by atoms with Gasteiger partial charge in [0, 0.05) is 18.4 Å². The summed E-state index contributed by atoms with van der Waals surface area (Å²) in [5.74, 6) is -0.480. The highest BCUT2D eigenvalue weighted by molar-refractivity contribution is 5.97. The Labute approximate surface area is 123 Å². The van der Waals surface area contributed by atoms with E-state index in [4.69, 9.17) is 4.74 Å².